The highest BCUT2D eigenvalue weighted by molar-refractivity contribution is 7.89. The Morgan fingerprint density at radius 2 is 1.87 bits per heavy atom. The van der Waals surface area contributed by atoms with Crippen LogP contribution in [0.1, 0.15) is 48.7 Å². The summed E-state index contributed by atoms with van der Waals surface area (Å²) in [6, 6.07) is 9.53. The summed E-state index contributed by atoms with van der Waals surface area (Å²) in [5, 5.41) is 0.223. The van der Waals surface area contributed by atoms with E-state index in [4.69, 9.17) is 21.1 Å². The molecule has 0 aliphatic carbocycles. The molecule has 0 bridgehead atoms. The largest absolute Gasteiger partial charge is 0.486 e. The number of amides is 1. The third-order valence-corrected chi connectivity index (χ3v) is 7.32. The predicted octanol–water partition coefficient (Wildman–Crippen LogP) is 3.78. The molecule has 2 aliphatic heterocycles. The fraction of sp³-hybridized carbons (Fsp3) is 0.409. The SMILES string of the molecule is CC(C)NS(=O)(=O)c1ccc(Cl)c(C(=O)N2CCCC2c2ccc3c(c2)OCCO3)c1. The number of hydrogen-bond donors (Lipinski definition) is 1. The molecular weight excluding hydrogens is 440 g/mol. The van der Waals surface area contributed by atoms with Gasteiger partial charge in [-0.25, -0.2) is 13.1 Å². The van der Waals surface area contributed by atoms with E-state index in [2.05, 4.69) is 4.72 Å². The maximum absolute atomic E-state index is 13.4. The van der Waals surface area contributed by atoms with E-state index in [0.717, 1.165) is 18.4 Å². The Balaban J connectivity index is 1.64. The van der Waals surface area contributed by atoms with Crippen molar-refractivity contribution in [3.05, 3.63) is 52.5 Å². The number of sulfonamides is 1. The number of likely N-dealkylation sites (tertiary alicyclic amines) is 1. The van der Waals surface area contributed by atoms with E-state index in [1.54, 1.807) is 18.7 Å². The van der Waals surface area contributed by atoms with Gasteiger partial charge in [0, 0.05) is 12.6 Å². The van der Waals surface area contributed by atoms with E-state index >= 15 is 0 Å². The molecule has 7 nitrogen and oxygen atoms in total. The number of nitrogens with zero attached hydrogens (tertiary/aromatic N) is 1. The number of nitrogens with one attached hydrogen (secondary N) is 1. The first-order chi connectivity index (χ1) is 14.8. The molecule has 1 amide bonds. The van der Waals surface area contributed by atoms with Crippen LogP contribution in [-0.4, -0.2) is 45.0 Å². The van der Waals surface area contributed by atoms with Crippen LogP contribution in [-0.2, 0) is 10.0 Å². The molecule has 166 valence electrons. The lowest BCUT2D eigenvalue weighted by molar-refractivity contribution is 0.0735. The Labute approximate surface area is 187 Å². The van der Waals surface area contributed by atoms with Crippen LogP contribution in [0.15, 0.2) is 41.3 Å². The highest BCUT2D eigenvalue weighted by Gasteiger charge is 2.33. The number of ether oxygens (including phenoxy) is 2. The third kappa shape index (κ3) is 4.51. The molecule has 0 aromatic heterocycles. The maximum atomic E-state index is 13.4. The van der Waals surface area contributed by atoms with E-state index in [1.165, 1.54) is 18.2 Å². The standard InChI is InChI=1S/C22H25ClN2O5S/c1-14(2)24-31(27,28)16-6-7-18(23)17(13-16)22(26)25-9-3-4-19(25)15-5-8-20-21(12-15)30-11-10-29-20/h5-8,12-14,19,24H,3-4,9-11H2,1-2H3. The minimum absolute atomic E-state index is 0.0176. The molecular formula is C22H25ClN2O5S. The summed E-state index contributed by atoms with van der Waals surface area (Å²) in [5.74, 6) is 1.09. The molecule has 2 aromatic carbocycles. The molecule has 2 heterocycles. The lowest BCUT2D eigenvalue weighted by Crippen LogP contribution is -2.32. The van der Waals surface area contributed by atoms with Crippen LogP contribution in [0.25, 0.3) is 0 Å². The van der Waals surface area contributed by atoms with Crippen LogP contribution in [0.3, 0.4) is 0 Å². The zero-order valence-corrected chi connectivity index (χ0v) is 19.0. The molecule has 9 heteroatoms. The number of carbonyl (C=O) groups excluding carboxylic acids is 1. The van der Waals surface area contributed by atoms with Gasteiger partial charge in [-0.3, -0.25) is 4.79 Å². The fourth-order valence-electron chi connectivity index (χ4n) is 3.99. The van der Waals surface area contributed by atoms with Gasteiger partial charge in [0.1, 0.15) is 13.2 Å². The van der Waals surface area contributed by atoms with E-state index in [-0.39, 0.29) is 33.5 Å². The Hall–Kier alpha value is -2.29. The number of rotatable bonds is 5. The molecule has 4 rings (SSSR count). The van der Waals surface area contributed by atoms with Crippen LogP contribution in [0.5, 0.6) is 11.5 Å². The third-order valence-electron chi connectivity index (χ3n) is 5.33. The Morgan fingerprint density at radius 1 is 1.13 bits per heavy atom. The number of benzene rings is 2. The number of carbonyl (C=O) groups is 1. The Morgan fingerprint density at radius 3 is 2.61 bits per heavy atom. The van der Waals surface area contributed by atoms with Crippen LogP contribution in [0.2, 0.25) is 5.02 Å². The van der Waals surface area contributed by atoms with Crippen molar-refractivity contribution in [1.82, 2.24) is 9.62 Å². The van der Waals surface area contributed by atoms with Gasteiger partial charge in [0.05, 0.1) is 21.5 Å². The monoisotopic (exact) mass is 464 g/mol. The van der Waals surface area contributed by atoms with Crippen molar-refractivity contribution in [2.24, 2.45) is 0 Å². The molecule has 1 N–H and O–H groups in total. The first-order valence-electron chi connectivity index (χ1n) is 10.3. The van der Waals surface area contributed by atoms with Gasteiger partial charge in [0.15, 0.2) is 11.5 Å². The molecule has 2 aliphatic rings. The minimum Gasteiger partial charge on any atom is -0.486 e. The molecule has 1 saturated heterocycles. The van der Waals surface area contributed by atoms with Crippen molar-refractivity contribution in [1.29, 1.82) is 0 Å². The summed E-state index contributed by atoms with van der Waals surface area (Å²) >= 11 is 6.31. The van der Waals surface area contributed by atoms with Crippen molar-refractivity contribution < 1.29 is 22.7 Å². The van der Waals surface area contributed by atoms with E-state index in [0.29, 0.717) is 31.3 Å². The normalized spacial score (nSPS) is 18.5. The fourth-order valence-corrected chi connectivity index (χ4v) is 5.47. The topological polar surface area (TPSA) is 84.9 Å². The maximum Gasteiger partial charge on any atom is 0.255 e. The van der Waals surface area contributed by atoms with Gasteiger partial charge in [0.25, 0.3) is 5.91 Å². The summed E-state index contributed by atoms with van der Waals surface area (Å²) in [5.41, 5.74) is 1.13. The zero-order chi connectivity index (χ0) is 22.2. The highest BCUT2D eigenvalue weighted by atomic mass is 35.5. The molecule has 0 spiro atoms. The molecule has 0 saturated carbocycles. The number of halogens is 1. The first-order valence-corrected chi connectivity index (χ1v) is 12.1. The van der Waals surface area contributed by atoms with Crippen molar-refractivity contribution >= 4 is 27.5 Å². The van der Waals surface area contributed by atoms with Crippen molar-refractivity contribution in [3.63, 3.8) is 0 Å². The van der Waals surface area contributed by atoms with Crippen molar-refractivity contribution in [2.45, 2.75) is 43.7 Å². The summed E-state index contributed by atoms with van der Waals surface area (Å²) in [4.78, 5) is 15.2. The number of fused-ring (bicyclic) bond motifs is 1. The molecule has 0 radical (unpaired) electrons. The lowest BCUT2D eigenvalue weighted by atomic mass is 10.0. The van der Waals surface area contributed by atoms with Crippen LogP contribution >= 0.6 is 11.6 Å². The van der Waals surface area contributed by atoms with E-state index < -0.39 is 10.0 Å². The van der Waals surface area contributed by atoms with Gasteiger partial charge in [0.2, 0.25) is 10.0 Å². The average molecular weight is 465 g/mol. The second kappa shape index (κ2) is 8.68. The summed E-state index contributed by atoms with van der Waals surface area (Å²) in [7, 11) is -3.74. The van der Waals surface area contributed by atoms with Gasteiger partial charge in [-0.15, -0.1) is 0 Å². The lowest BCUT2D eigenvalue weighted by Gasteiger charge is -2.27. The van der Waals surface area contributed by atoms with Crippen LogP contribution in [0.4, 0.5) is 0 Å². The average Bonchev–Trinajstić information content (AvgIpc) is 3.22. The Bertz CT molecular complexity index is 1100. The summed E-state index contributed by atoms with van der Waals surface area (Å²) in [6.07, 6.45) is 1.64. The molecule has 1 unspecified atom stereocenters. The van der Waals surface area contributed by atoms with Crippen LogP contribution < -0.4 is 14.2 Å². The Kier molecular flexibility index (Phi) is 6.14. The quantitative estimate of drug-likeness (QED) is 0.728. The predicted molar refractivity (Wildman–Crippen MR) is 117 cm³/mol. The van der Waals surface area contributed by atoms with Crippen LogP contribution in [0, 0.1) is 0 Å². The van der Waals surface area contributed by atoms with Gasteiger partial charge < -0.3 is 14.4 Å². The van der Waals surface area contributed by atoms with Crippen molar-refractivity contribution in [2.75, 3.05) is 19.8 Å². The molecule has 1 fully saturated rings. The zero-order valence-electron chi connectivity index (χ0n) is 17.4. The highest BCUT2D eigenvalue weighted by Crippen LogP contribution is 2.39. The second-order valence-corrected chi connectivity index (χ2v) is 10.1. The minimum atomic E-state index is -3.74. The van der Waals surface area contributed by atoms with Gasteiger partial charge >= 0.3 is 0 Å². The second-order valence-electron chi connectivity index (χ2n) is 7.98. The van der Waals surface area contributed by atoms with Gasteiger partial charge in [-0.05, 0) is 62.6 Å². The summed E-state index contributed by atoms with van der Waals surface area (Å²) in [6.45, 7) is 5.05. The van der Waals surface area contributed by atoms with Crippen molar-refractivity contribution in [3.8, 4) is 11.5 Å². The first kappa shape index (κ1) is 21.9. The summed E-state index contributed by atoms with van der Waals surface area (Å²) < 4.78 is 38.9. The van der Waals surface area contributed by atoms with E-state index in [1.807, 2.05) is 18.2 Å². The van der Waals surface area contributed by atoms with E-state index in [9.17, 15) is 13.2 Å². The van der Waals surface area contributed by atoms with Gasteiger partial charge in [-0.2, -0.15) is 0 Å². The molecule has 1 atom stereocenters. The molecule has 31 heavy (non-hydrogen) atoms. The number of hydrogen-bond acceptors (Lipinski definition) is 5. The molecule has 2 aromatic rings. The smallest absolute Gasteiger partial charge is 0.255 e. The van der Waals surface area contributed by atoms with Gasteiger partial charge in [-0.1, -0.05) is 17.7 Å².